The average molecular weight is 493 g/mol. The maximum atomic E-state index is 13.0. The molecule has 1 aromatic heterocycles. The molecule has 1 N–H and O–H groups in total. The molecule has 1 saturated carbocycles. The Morgan fingerprint density at radius 1 is 1.09 bits per heavy atom. The molecular formula is C27H32N4O3S. The zero-order valence-electron chi connectivity index (χ0n) is 20.3. The number of fused-ring (bicyclic) bond motifs is 1. The first-order valence-electron chi connectivity index (χ1n) is 12.4. The lowest BCUT2D eigenvalue weighted by molar-refractivity contribution is -0.119. The number of amides is 1. The zero-order chi connectivity index (χ0) is 24.2. The summed E-state index contributed by atoms with van der Waals surface area (Å²) >= 11 is 1.45. The maximum absolute atomic E-state index is 13.0. The summed E-state index contributed by atoms with van der Waals surface area (Å²) in [7, 11) is 0. The molecule has 184 valence electrons. The van der Waals surface area contributed by atoms with Crippen molar-refractivity contribution in [1.82, 2.24) is 20.1 Å². The Bertz CT molecular complexity index is 1160. The van der Waals surface area contributed by atoms with Crippen molar-refractivity contribution in [3.8, 4) is 11.5 Å². The van der Waals surface area contributed by atoms with Crippen LogP contribution in [0.15, 0.2) is 53.7 Å². The van der Waals surface area contributed by atoms with Crippen LogP contribution in [0.3, 0.4) is 0 Å². The highest BCUT2D eigenvalue weighted by Gasteiger charge is 2.31. The van der Waals surface area contributed by atoms with Gasteiger partial charge in [0.25, 0.3) is 0 Å². The van der Waals surface area contributed by atoms with Crippen molar-refractivity contribution in [3.63, 3.8) is 0 Å². The van der Waals surface area contributed by atoms with Gasteiger partial charge in [-0.25, -0.2) is 0 Å². The van der Waals surface area contributed by atoms with Crippen LogP contribution in [0.5, 0.6) is 11.5 Å². The summed E-state index contributed by atoms with van der Waals surface area (Å²) in [4.78, 5) is 13.0. The van der Waals surface area contributed by atoms with E-state index in [1.807, 2.05) is 36.4 Å². The molecule has 1 amide bonds. The molecule has 0 spiro atoms. The maximum Gasteiger partial charge on any atom is 0.230 e. The van der Waals surface area contributed by atoms with E-state index in [0.29, 0.717) is 19.1 Å². The van der Waals surface area contributed by atoms with Gasteiger partial charge in [-0.2, -0.15) is 0 Å². The van der Waals surface area contributed by atoms with Crippen molar-refractivity contribution in [1.29, 1.82) is 0 Å². The van der Waals surface area contributed by atoms with E-state index < -0.39 is 0 Å². The molecule has 0 saturated heterocycles. The van der Waals surface area contributed by atoms with Crippen molar-refractivity contribution < 1.29 is 14.3 Å². The van der Waals surface area contributed by atoms with Gasteiger partial charge in [-0.3, -0.25) is 4.79 Å². The Labute approximate surface area is 210 Å². The normalized spacial score (nSPS) is 16.1. The van der Waals surface area contributed by atoms with E-state index in [4.69, 9.17) is 9.47 Å². The number of nitrogens with one attached hydrogen (secondary N) is 1. The lowest BCUT2D eigenvalue weighted by Gasteiger charge is -2.24. The van der Waals surface area contributed by atoms with E-state index in [1.165, 1.54) is 17.3 Å². The Hall–Kier alpha value is -3.00. The predicted molar refractivity (Wildman–Crippen MR) is 136 cm³/mol. The van der Waals surface area contributed by atoms with Crippen LogP contribution < -0.4 is 14.8 Å². The number of carbonyl (C=O) groups excluding carboxylic acids is 1. The van der Waals surface area contributed by atoms with Gasteiger partial charge in [-0.05, 0) is 42.0 Å². The van der Waals surface area contributed by atoms with Crippen LogP contribution in [0.2, 0.25) is 0 Å². The molecular weight excluding hydrogens is 460 g/mol. The van der Waals surface area contributed by atoms with Crippen molar-refractivity contribution >= 4 is 17.7 Å². The third kappa shape index (κ3) is 5.81. The topological polar surface area (TPSA) is 78.3 Å². The number of benzene rings is 2. The van der Waals surface area contributed by atoms with Gasteiger partial charge in [0.1, 0.15) is 5.82 Å². The number of hydrogen-bond donors (Lipinski definition) is 1. The number of rotatable bonds is 9. The molecule has 7 nitrogen and oxygen atoms in total. The first kappa shape index (κ1) is 23.7. The fourth-order valence-electron chi connectivity index (χ4n) is 4.32. The fourth-order valence-corrected chi connectivity index (χ4v) is 5.07. The van der Waals surface area contributed by atoms with Crippen LogP contribution >= 0.6 is 11.8 Å². The molecule has 35 heavy (non-hydrogen) atoms. The highest BCUT2D eigenvalue weighted by atomic mass is 32.2. The van der Waals surface area contributed by atoms with E-state index in [1.54, 1.807) is 0 Å². The third-order valence-electron chi connectivity index (χ3n) is 6.32. The molecule has 1 atom stereocenters. The van der Waals surface area contributed by atoms with E-state index in [0.717, 1.165) is 53.9 Å². The zero-order valence-corrected chi connectivity index (χ0v) is 21.1. The van der Waals surface area contributed by atoms with Gasteiger partial charge in [0, 0.05) is 12.3 Å². The molecule has 8 heteroatoms. The SMILES string of the molecule is CC(C)C(NC(=O)CSc1nnc(C2CC2)n1Cc1ccccc1)c1ccc2c(c1)OCCCO2. The monoisotopic (exact) mass is 492 g/mol. The second kappa shape index (κ2) is 10.7. The fraction of sp³-hybridized carbons (Fsp3) is 0.444. The standard InChI is InChI=1S/C27H32N4O3S/c1-18(2)25(21-11-12-22-23(15-21)34-14-6-13-33-22)28-24(32)17-35-27-30-29-26(20-9-10-20)31(27)16-19-7-4-3-5-8-19/h3-5,7-8,11-12,15,18,20,25H,6,9-10,13-14,16-17H2,1-2H3,(H,28,32). The number of hydrogen-bond acceptors (Lipinski definition) is 6. The van der Waals surface area contributed by atoms with E-state index in [-0.39, 0.29) is 23.6 Å². The molecule has 1 aliphatic carbocycles. The molecule has 2 heterocycles. The van der Waals surface area contributed by atoms with Crippen LogP contribution in [0.4, 0.5) is 0 Å². The summed E-state index contributed by atoms with van der Waals surface area (Å²) in [5.41, 5.74) is 2.22. The lowest BCUT2D eigenvalue weighted by atomic mass is 9.95. The van der Waals surface area contributed by atoms with E-state index in [9.17, 15) is 4.79 Å². The summed E-state index contributed by atoms with van der Waals surface area (Å²) in [5.74, 6) is 3.50. The average Bonchev–Trinajstić information content (AvgIpc) is 3.66. The Kier molecular flexibility index (Phi) is 7.27. The summed E-state index contributed by atoms with van der Waals surface area (Å²) < 4.78 is 13.8. The van der Waals surface area contributed by atoms with Crippen molar-refractivity contribution in [3.05, 3.63) is 65.5 Å². The lowest BCUT2D eigenvalue weighted by Crippen LogP contribution is -2.33. The summed E-state index contributed by atoms with van der Waals surface area (Å²) in [6.45, 7) is 6.23. The van der Waals surface area contributed by atoms with Gasteiger partial charge in [0.15, 0.2) is 16.7 Å². The van der Waals surface area contributed by atoms with Gasteiger partial charge in [0.2, 0.25) is 5.91 Å². The highest BCUT2D eigenvalue weighted by molar-refractivity contribution is 7.99. The second-order valence-corrected chi connectivity index (χ2v) is 10.5. The minimum absolute atomic E-state index is 0.0250. The van der Waals surface area contributed by atoms with E-state index in [2.05, 4.69) is 46.1 Å². The molecule has 2 aromatic carbocycles. The molecule has 0 bridgehead atoms. The van der Waals surface area contributed by atoms with Gasteiger partial charge in [-0.15, -0.1) is 10.2 Å². The molecule has 1 fully saturated rings. The van der Waals surface area contributed by atoms with Crippen LogP contribution in [-0.4, -0.2) is 39.6 Å². The first-order chi connectivity index (χ1) is 17.1. The second-order valence-electron chi connectivity index (χ2n) is 9.52. The predicted octanol–water partition coefficient (Wildman–Crippen LogP) is 4.97. The number of ether oxygens (including phenoxy) is 2. The Morgan fingerprint density at radius 3 is 2.60 bits per heavy atom. The Morgan fingerprint density at radius 2 is 1.86 bits per heavy atom. The minimum atomic E-state index is -0.121. The largest absolute Gasteiger partial charge is 0.490 e. The number of carbonyl (C=O) groups is 1. The molecule has 3 aromatic rings. The van der Waals surface area contributed by atoms with Crippen LogP contribution in [0, 0.1) is 5.92 Å². The number of thioether (sulfide) groups is 1. The molecule has 1 unspecified atom stereocenters. The molecule has 2 aliphatic rings. The van der Waals surface area contributed by atoms with Crippen LogP contribution in [0.1, 0.15) is 62.0 Å². The summed E-state index contributed by atoms with van der Waals surface area (Å²) in [6, 6.07) is 16.2. The van der Waals surface area contributed by atoms with Gasteiger partial charge >= 0.3 is 0 Å². The summed E-state index contributed by atoms with van der Waals surface area (Å²) in [5, 5.41) is 12.9. The van der Waals surface area contributed by atoms with Gasteiger partial charge in [-0.1, -0.05) is 62.0 Å². The Balaban J connectivity index is 1.26. The number of aromatic nitrogens is 3. The summed E-state index contributed by atoms with van der Waals surface area (Å²) in [6.07, 6.45) is 3.18. The van der Waals surface area contributed by atoms with Gasteiger partial charge in [0.05, 0.1) is 31.6 Å². The number of nitrogens with zero attached hydrogens (tertiary/aromatic N) is 3. The smallest absolute Gasteiger partial charge is 0.230 e. The van der Waals surface area contributed by atoms with Crippen molar-refractivity contribution in [2.45, 2.75) is 56.8 Å². The highest BCUT2D eigenvalue weighted by Crippen LogP contribution is 2.40. The molecule has 0 radical (unpaired) electrons. The molecule has 5 rings (SSSR count). The van der Waals surface area contributed by atoms with E-state index >= 15 is 0 Å². The third-order valence-corrected chi connectivity index (χ3v) is 7.28. The molecule has 1 aliphatic heterocycles. The van der Waals surface area contributed by atoms with Crippen molar-refractivity contribution in [2.75, 3.05) is 19.0 Å². The van der Waals surface area contributed by atoms with Crippen LogP contribution in [0.25, 0.3) is 0 Å². The minimum Gasteiger partial charge on any atom is -0.490 e. The first-order valence-corrected chi connectivity index (χ1v) is 13.4. The quantitative estimate of drug-likeness (QED) is 0.425. The van der Waals surface area contributed by atoms with Gasteiger partial charge < -0.3 is 19.4 Å². The van der Waals surface area contributed by atoms with Crippen molar-refractivity contribution in [2.24, 2.45) is 5.92 Å². The van der Waals surface area contributed by atoms with Crippen LogP contribution in [-0.2, 0) is 11.3 Å².